The first-order chi connectivity index (χ1) is 15.9. The summed E-state index contributed by atoms with van der Waals surface area (Å²) in [5, 5.41) is 0. The summed E-state index contributed by atoms with van der Waals surface area (Å²) < 4.78 is 0. The fourth-order valence-corrected chi connectivity index (χ4v) is 6.14. The Kier molecular flexibility index (Phi) is 8.15. The van der Waals surface area contributed by atoms with Gasteiger partial charge in [-0.25, -0.2) is 9.80 Å². The number of hydrogen-bond donors (Lipinski definition) is 3. The predicted molar refractivity (Wildman–Crippen MR) is 137 cm³/mol. The average Bonchev–Trinajstić information content (AvgIpc) is 3.09. The van der Waals surface area contributed by atoms with Crippen LogP contribution in [0.3, 0.4) is 0 Å². The van der Waals surface area contributed by atoms with Crippen molar-refractivity contribution in [1.82, 2.24) is 14.7 Å². The highest BCUT2D eigenvalue weighted by Gasteiger charge is 2.46. The maximum absolute atomic E-state index is 7.00. The minimum absolute atomic E-state index is 0.269. The molecule has 0 bridgehead atoms. The molecule has 3 aliphatic rings. The summed E-state index contributed by atoms with van der Waals surface area (Å²) in [4.78, 5) is 11.5. The molecule has 1 aromatic rings. The molecule has 8 nitrogen and oxygen atoms in total. The van der Waals surface area contributed by atoms with Crippen LogP contribution in [0.5, 0.6) is 0 Å². The Balaban J connectivity index is 1.65. The zero-order chi connectivity index (χ0) is 23.5. The molecule has 0 spiro atoms. The van der Waals surface area contributed by atoms with Crippen LogP contribution in [0.4, 0.5) is 11.4 Å². The van der Waals surface area contributed by atoms with Gasteiger partial charge in [0.15, 0.2) is 0 Å². The highest BCUT2D eigenvalue weighted by atomic mass is 15.7. The molecule has 0 radical (unpaired) electrons. The summed E-state index contributed by atoms with van der Waals surface area (Å²) in [6.45, 7) is 5.37. The third-order valence-electron chi connectivity index (χ3n) is 8.10. The van der Waals surface area contributed by atoms with Gasteiger partial charge < -0.3 is 15.5 Å². The molecule has 1 aromatic carbocycles. The fourth-order valence-electron chi connectivity index (χ4n) is 6.14. The summed E-state index contributed by atoms with van der Waals surface area (Å²) in [6.07, 6.45) is 8.90. The Labute approximate surface area is 200 Å². The van der Waals surface area contributed by atoms with Crippen molar-refractivity contribution in [2.24, 2.45) is 17.2 Å². The second kappa shape index (κ2) is 10.9. The molecule has 3 fully saturated rings. The van der Waals surface area contributed by atoms with Crippen molar-refractivity contribution in [1.29, 1.82) is 0 Å². The molecule has 2 aliphatic heterocycles. The fraction of sp³-hybridized carbons (Fsp3) is 0.760. The summed E-state index contributed by atoms with van der Waals surface area (Å²) >= 11 is 0. The van der Waals surface area contributed by atoms with Gasteiger partial charge >= 0.3 is 0 Å². The van der Waals surface area contributed by atoms with E-state index in [1.807, 2.05) is 0 Å². The number of anilines is 2. The van der Waals surface area contributed by atoms with Crippen LogP contribution >= 0.6 is 0 Å². The molecule has 0 amide bonds. The lowest BCUT2D eigenvalue weighted by Gasteiger charge is -2.57. The van der Waals surface area contributed by atoms with E-state index in [1.165, 1.54) is 45.1 Å². The first-order valence-corrected chi connectivity index (χ1v) is 13.0. The largest absolute Gasteiger partial charge is 0.378 e. The van der Waals surface area contributed by atoms with Crippen LogP contribution in [0.25, 0.3) is 0 Å². The van der Waals surface area contributed by atoms with Crippen LogP contribution < -0.4 is 27.0 Å². The molecule has 4 rings (SSSR count). The van der Waals surface area contributed by atoms with Crippen molar-refractivity contribution in [2.75, 3.05) is 43.5 Å². The molecular weight excluding hydrogens is 412 g/mol. The van der Waals surface area contributed by atoms with Crippen LogP contribution in [-0.2, 0) is 0 Å². The lowest BCUT2D eigenvalue weighted by atomic mass is 10.1. The molecule has 0 aromatic heterocycles. The Morgan fingerprint density at radius 1 is 0.848 bits per heavy atom. The van der Waals surface area contributed by atoms with Crippen LogP contribution in [0, 0.1) is 0 Å². The van der Waals surface area contributed by atoms with Crippen LogP contribution in [0.1, 0.15) is 58.3 Å². The number of likely N-dealkylation sites (N-methyl/N-ethyl adjacent to an activating group) is 1. The van der Waals surface area contributed by atoms with E-state index in [9.17, 15) is 0 Å². The lowest BCUT2D eigenvalue weighted by molar-refractivity contribution is -0.0917. The normalized spacial score (nSPS) is 31.2. The van der Waals surface area contributed by atoms with Gasteiger partial charge in [0.05, 0.1) is 0 Å². The molecule has 1 aliphatic carbocycles. The predicted octanol–water partition coefficient (Wildman–Crippen LogP) is 2.11. The topological polar surface area (TPSA) is 94.3 Å². The van der Waals surface area contributed by atoms with Gasteiger partial charge in [-0.2, -0.15) is 0 Å². The quantitative estimate of drug-likeness (QED) is 0.558. The highest BCUT2D eigenvalue weighted by molar-refractivity contribution is 5.56. The zero-order valence-corrected chi connectivity index (χ0v) is 20.9. The van der Waals surface area contributed by atoms with Gasteiger partial charge in [-0.05, 0) is 63.0 Å². The number of likely N-dealkylation sites (tertiary alicyclic amines) is 1. The van der Waals surface area contributed by atoms with E-state index in [-0.39, 0.29) is 18.9 Å². The third-order valence-corrected chi connectivity index (χ3v) is 8.10. The molecule has 186 valence electrons. The van der Waals surface area contributed by atoms with Gasteiger partial charge in [0, 0.05) is 44.1 Å². The first kappa shape index (κ1) is 24.7. The van der Waals surface area contributed by atoms with Gasteiger partial charge in [-0.3, -0.25) is 16.4 Å². The van der Waals surface area contributed by atoms with Crippen molar-refractivity contribution in [3.63, 3.8) is 0 Å². The summed E-state index contributed by atoms with van der Waals surface area (Å²) in [7, 11) is 4.12. The second-order valence-corrected chi connectivity index (χ2v) is 10.3. The van der Waals surface area contributed by atoms with E-state index >= 15 is 0 Å². The number of rotatable bonds is 6. The van der Waals surface area contributed by atoms with Crippen molar-refractivity contribution in [3.05, 3.63) is 24.3 Å². The molecule has 6 N–H and O–H groups in total. The first-order valence-electron chi connectivity index (χ1n) is 13.0. The Bertz CT molecular complexity index is 732. The monoisotopic (exact) mass is 458 g/mol. The molecule has 33 heavy (non-hydrogen) atoms. The van der Waals surface area contributed by atoms with E-state index in [4.69, 9.17) is 17.2 Å². The Morgan fingerprint density at radius 2 is 1.52 bits per heavy atom. The van der Waals surface area contributed by atoms with Gasteiger partial charge in [0.1, 0.15) is 18.9 Å². The minimum atomic E-state index is -0.360. The number of nitrogens with zero attached hydrogens (tertiary/aromatic N) is 5. The summed E-state index contributed by atoms with van der Waals surface area (Å²) in [6, 6.07) is 9.45. The van der Waals surface area contributed by atoms with Crippen LogP contribution in [0.2, 0.25) is 0 Å². The maximum atomic E-state index is 7.00. The van der Waals surface area contributed by atoms with Gasteiger partial charge in [0.25, 0.3) is 0 Å². The molecule has 2 heterocycles. The van der Waals surface area contributed by atoms with E-state index in [0.29, 0.717) is 12.1 Å². The molecule has 8 heteroatoms. The Hall–Kier alpha value is -1.42. The molecule has 4 atom stereocenters. The molecular formula is C25H46N8. The SMILES string of the molecule is CCN1CCCC1CN1C(N)N(c2ccc(N(C)C)cc2)C(N)N(C2CCCCCC2)C1N. The van der Waals surface area contributed by atoms with Gasteiger partial charge in [0.2, 0.25) is 0 Å². The highest BCUT2D eigenvalue weighted by Crippen LogP contribution is 2.33. The van der Waals surface area contributed by atoms with Crippen molar-refractivity contribution < 1.29 is 0 Å². The molecule has 4 unspecified atom stereocenters. The van der Waals surface area contributed by atoms with Crippen LogP contribution in [-0.4, -0.2) is 79.4 Å². The van der Waals surface area contributed by atoms with Gasteiger partial charge in [-0.15, -0.1) is 0 Å². The smallest absolute Gasteiger partial charge is 0.139 e. The average molecular weight is 459 g/mol. The van der Waals surface area contributed by atoms with Crippen molar-refractivity contribution in [2.45, 2.75) is 89.2 Å². The van der Waals surface area contributed by atoms with Crippen molar-refractivity contribution >= 4 is 11.4 Å². The number of nitrogens with two attached hydrogens (primary N) is 3. The number of benzene rings is 1. The summed E-state index contributed by atoms with van der Waals surface area (Å²) in [5.74, 6) is 0. The van der Waals surface area contributed by atoms with E-state index in [0.717, 1.165) is 37.3 Å². The van der Waals surface area contributed by atoms with Crippen LogP contribution in [0.15, 0.2) is 24.3 Å². The molecule has 1 saturated carbocycles. The maximum Gasteiger partial charge on any atom is 0.139 e. The van der Waals surface area contributed by atoms with E-state index < -0.39 is 0 Å². The Morgan fingerprint density at radius 3 is 2.12 bits per heavy atom. The summed E-state index contributed by atoms with van der Waals surface area (Å²) in [5.41, 5.74) is 23.2. The van der Waals surface area contributed by atoms with E-state index in [1.54, 1.807) is 0 Å². The second-order valence-electron chi connectivity index (χ2n) is 10.3. The molecule has 2 saturated heterocycles. The standard InChI is InChI=1S/C25H46N8/c1-4-30-17-9-12-22(30)18-31-23(26)32(20-10-7-5-6-8-11-20)25(28)33(24(31)27)21-15-13-19(14-16-21)29(2)3/h13-16,20,22-25H,4-12,17-18,26-28H2,1-3H3. The van der Waals surface area contributed by atoms with Crippen molar-refractivity contribution in [3.8, 4) is 0 Å². The third kappa shape index (κ3) is 5.16. The van der Waals surface area contributed by atoms with Gasteiger partial charge in [-0.1, -0.05) is 32.6 Å². The lowest BCUT2D eigenvalue weighted by Crippen LogP contribution is -2.80. The minimum Gasteiger partial charge on any atom is -0.378 e. The number of hydrogen-bond acceptors (Lipinski definition) is 8. The zero-order valence-electron chi connectivity index (χ0n) is 20.9. The van der Waals surface area contributed by atoms with E-state index in [2.05, 4.69) is 69.8 Å².